The Balaban J connectivity index is 1.88. The Kier molecular flexibility index (Phi) is 3.35. The summed E-state index contributed by atoms with van der Waals surface area (Å²) in [7, 11) is 0. The lowest BCUT2D eigenvalue weighted by Gasteiger charge is -2.27. The van der Waals surface area contributed by atoms with Gasteiger partial charge in [0.1, 0.15) is 6.33 Å². The van der Waals surface area contributed by atoms with Crippen molar-refractivity contribution in [2.45, 2.75) is 20.3 Å². The van der Waals surface area contributed by atoms with Crippen molar-refractivity contribution in [3.63, 3.8) is 0 Å². The Morgan fingerprint density at radius 1 is 1.35 bits per heavy atom. The third-order valence-corrected chi connectivity index (χ3v) is 3.68. The van der Waals surface area contributed by atoms with Gasteiger partial charge in [0.05, 0.1) is 19.6 Å². The highest BCUT2D eigenvalue weighted by atomic mass is 16.5. The summed E-state index contributed by atoms with van der Waals surface area (Å²) in [5.74, 6) is 0.684. The molecule has 0 aliphatic carbocycles. The summed E-state index contributed by atoms with van der Waals surface area (Å²) in [5.41, 5.74) is 2.69. The van der Waals surface area contributed by atoms with Gasteiger partial charge in [-0.1, -0.05) is 0 Å². The van der Waals surface area contributed by atoms with Crippen LogP contribution in [0.2, 0.25) is 0 Å². The first-order valence-corrected chi connectivity index (χ1v) is 6.68. The smallest absolute Gasteiger partial charge is 0.252 e. The molecule has 3 rings (SSSR count). The van der Waals surface area contributed by atoms with Crippen molar-refractivity contribution in [3.05, 3.63) is 23.3 Å². The molecule has 0 bridgehead atoms. The van der Waals surface area contributed by atoms with Crippen LogP contribution >= 0.6 is 0 Å². The highest BCUT2D eigenvalue weighted by Gasteiger charge is 2.20. The van der Waals surface area contributed by atoms with Gasteiger partial charge in [-0.2, -0.15) is 10.1 Å². The van der Waals surface area contributed by atoms with E-state index in [4.69, 9.17) is 4.74 Å². The van der Waals surface area contributed by atoms with Gasteiger partial charge in [-0.05, 0) is 13.8 Å². The minimum atomic E-state index is 0.112. The highest BCUT2D eigenvalue weighted by molar-refractivity contribution is 5.79. The van der Waals surface area contributed by atoms with Crippen LogP contribution in [-0.4, -0.2) is 56.7 Å². The maximum Gasteiger partial charge on any atom is 0.252 e. The van der Waals surface area contributed by atoms with Crippen LogP contribution in [0.15, 0.2) is 6.33 Å². The molecule has 0 atom stereocenters. The van der Waals surface area contributed by atoms with E-state index in [0.717, 1.165) is 17.0 Å². The number of morpholine rings is 1. The first kappa shape index (κ1) is 13.0. The molecule has 7 nitrogen and oxygen atoms in total. The van der Waals surface area contributed by atoms with Crippen LogP contribution in [0.3, 0.4) is 0 Å². The molecule has 0 spiro atoms. The molecule has 3 heterocycles. The van der Waals surface area contributed by atoms with E-state index in [0.29, 0.717) is 38.5 Å². The molecule has 0 saturated carbocycles. The van der Waals surface area contributed by atoms with E-state index in [1.165, 1.54) is 6.33 Å². The number of hydrogen-bond acceptors (Lipinski definition) is 5. The molecule has 20 heavy (non-hydrogen) atoms. The quantitative estimate of drug-likeness (QED) is 0.779. The summed E-state index contributed by atoms with van der Waals surface area (Å²) in [6, 6.07) is 0. The van der Waals surface area contributed by atoms with E-state index in [2.05, 4.69) is 15.1 Å². The van der Waals surface area contributed by atoms with E-state index in [9.17, 15) is 4.79 Å². The Morgan fingerprint density at radius 3 is 2.85 bits per heavy atom. The van der Waals surface area contributed by atoms with Crippen LogP contribution in [0, 0.1) is 13.8 Å². The number of hydrogen-bond donors (Lipinski definition) is 0. The second kappa shape index (κ2) is 5.16. The van der Waals surface area contributed by atoms with Crippen LogP contribution in [0.1, 0.15) is 17.0 Å². The van der Waals surface area contributed by atoms with Gasteiger partial charge in [0.25, 0.3) is 5.78 Å². The number of aromatic nitrogens is 4. The Bertz CT molecular complexity index is 645. The molecular formula is C13H17N5O2. The highest BCUT2D eigenvalue weighted by Crippen LogP contribution is 2.15. The van der Waals surface area contributed by atoms with Gasteiger partial charge in [0, 0.05) is 30.0 Å². The number of nitrogens with zero attached hydrogens (tertiary/aromatic N) is 5. The van der Waals surface area contributed by atoms with Crippen LogP contribution in [-0.2, 0) is 16.0 Å². The number of carbonyl (C=O) groups excluding carboxylic acids is 1. The van der Waals surface area contributed by atoms with Gasteiger partial charge in [-0.25, -0.2) is 9.50 Å². The Morgan fingerprint density at radius 2 is 2.10 bits per heavy atom. The van der Waals surface area contributed by atoms with Crippen molar-refractivity contribution in [1.29, 1.82) is 0 Å². The lowest BCUT2D eigenvalue weighted by molar-refractivity contribution is -0.134. The lowest BCUT2D eigenvalue weighted by Crippen LogP contribution is -2.41. The summed E-state index contributed by atoms with van der Waals surface area (Å²) in [5, 5.41) is 4.14. The van der Waals surface area contributed by atoms with Gasteiger partial charge in [-0.15, -0.1) is 0 Å². The molecule has 2 aromatic rings. The van der Waals surface area contributed by atoms with E-state index in [1.54, 1.807) is 4.52 Å². The van der Waals surface area contributed by atoms with Crippen LogP contribution in [0.4, 0.5) is 0 Å². The zero-order valence-corrected chi connectivity index (χ0v) is 11.7. The number of rotatable bonds is 2. The maximum atomic E-state index is 12.3. The molecular weight excluding hydrogens is 258 g/mol. The van der Waals surface area contributed by atoms with Gasteiger partial charge in [-0.3, -0.25) is 4.79 Å². The molecule has 1 fully saturated rings. The lowest BCUT2D eigenvalue weighted by atomic mass is 10.1. The van der Waals surface area contributed by atoms with Crippen LogP contribution in [0.5, 0.6) is 0 Å². The Hall–Kier alpha value is -2.02. The standard InChI is InChI=1S/C13H17N5O2/c1-9-11(7-12(19)17-3-5-20-6-4-17)10(2)18-13(16-9)14-8-15-18/h8H,3-7H2,1-2H3. The zero-order chi connectivity index (χ0) is 14.1. The molecule has 1 aliphatic heterocycles. The van der Waals surface area contributed by atoms with Crippen molar-refractivity contribution in [2.24, 2.45) is 0 Å². The van der Waals surface area contributed by atoms with Crippen molar-refractivity contribution in [2.75, 3.05) is 26.3 Å². The predicted octanol–water partition coefficient (Wildman–Crippen LogP) is 0.142. The van der Waals surface area contributed by atoms with Gasteiger partial charge < -0.3 is 9.64 Å². The van der Waals surface area contributed by atoms with Gasteiger partial charge >= 0.3 is 0 Å². The van der Waals surface area contributed by atoms with Crippen LogP contribution < -0.4 is 0 Å². The first-order chi connectivity index (χ1) is 9.66. The fourth-order valence-electron chi connectivity index (χ4n) is 2.49. The maximum absolute atomic E-state index is 12.3. The summed E-state index contributed by atoms with van der Waals surface area (Å²) >= 11 is 0. The van der Waals surface area contributed by atoms with Crippen molar-refractivity contribution in [1.82, 2.24) is 24.5 Å². The third-order valence-electron chi connectivity index (χ3n) is 3.68. The van der Waals surface area contributed by atoms with Gasteiger partial charge in [0.15, 0.2) is 0 Å². The van der Waals surface area contributed by atoms with Crippen molar-refractivity contribution < 1.29 is 9.53 Å². The first-order valence-electron chi connectivity index (χ1n) is 6.68. The second-order valence-electron chi connectivity index (χ2n) is 4.90. The number of aryl methyl sites for hydroxylation is 2. The molecule has 0 aromatic carbocycles. The Labute approximate surface area is 116 Å². The topological polar surface area (TPSA) is 72.6 Å². The molecule has 0 N–H and O–H groups in total. The minimum Gasteiger partial charge on any atom is -0.378 e. The molecule has 7 heteroatoms. The van der Waals surface area contributed by atoms with E-state index in [1.807, 2.05) is 18.7 Å². The van der Waals surface area contributed by atoms with E-state index >= 15 is 0 Å². The number of carbonyl (C=O) groups is 1. The average molecular weight is 275 g/mol. The fourth-order valence-corrected chi connectivity index (χ4v) is 2.49. The van der Waals surface area contributed by atoms with Crippen molar-refractivity contribution >= 4 is 11.7 Å². The number of amides is 1. The number of ether oxygens (including phenoxy) is 1. The van der Waals surface area contributed by atoms with E-state index in [-0.39, 0.29) is 5.91 Å². The molecule has 1 saturated heterocycles. The summed E-state index contributed by atoms with van der Waals surface area (Å²) < 4.78 is 6.94. The summed E-state index contributed by atoms with van der Waals surface area (Å²) in [6.45, 7) is 6.40. The predicted molar refractivity (Wildman–Crippen MR) is 71.4 cm³/mol. The SMILES string of the molecule is Cc1nc2ncnn2c(C)c1CC(=O)N1CCOCC1. The van der Waals surface area contributed by atoms with Crippen molar-refractivity contribution in [3.8, 4) is 0 Å². The zero-order valence-electron chi connectivity index (χ0n) is 11.7. The molecule has 1 aliphatic rings. The molecule has 0 unspecified atom stereocenters. The van der Waals surface area contributed by atoms with Gasteiger partial charge in [0.2, 0.25) is 5.91 Å². The second-order valence-corrected chi connectivity index (χ2v) is 4.90. The third kappa shape index (κ3) is 2.24. The fraction of sp³-hybridized carbons (Fsp3) is 0.538. The molecule has 2 aromatic heterocycles. The molecule has 106 valence electrons. The van der Waals surface area contributed by atoms with E-state index < -0.39 is 0 Å². The monoisotopic (exact) mass is 275 g/mol. The minimum absolute atomic E-state index is 0.112. The molecule has 1 amide bonds. The summed E-state index contributed by atoms with van der Waals surface area (Å²) in [6.07, 6.45) is 1.82. The largest absolute Gasteiger partial charge is 0.378 e. The average Bonchev–Trinajstić information content (AvgIpc) is 2.92. The van der Waals surface area contributed by atoms with Crippen LogP contribution in [0.25, 0.3) is 5.78 Å². The molecule has 0 radical (unpaired) electrons. The summed E-state index contributed by atoms with van der Waals surface area (Å²) in [4.78, 5) is 22.7. The normalized spacial score (nSPS) is 15.8. The number of fused-ring (bicyclic) bond motifs is 1.